The lowest BCUT2D eigenvalue weighted by atomic mass is 9.53. The number of aliphatic hydroxyl groups is 1. The van der Waals surface area contributed by atoms with Crippen LogP contribution in [0.4, 0.5) is 0 Å². The first-order valence-electron chi connectivity index (χ1n) is 11.8. The van der Waals surface area contributed by atoms with Crippen LogP contribution >= 0.6 is 11.3 Å². The predicted molar refractivity (Wildman–Crippen MR) is 127 cm³/mol. The van der Waals surface area contributed by atoms with Crippen LogP contribution in [0.5, 0.6) is 0 Å². The van der Waals surface area contributed by atoms with Crippen LogP contribution in [0.25, 0.3) is 10.6 Å². The van der Waals surface area contributed by atoms with Gasteiger partial charge in [0, 0.05) is 35.4 Å². The minimum Gasteiger partial charge on any atom is -0.392 e. The van der Waals surface area contributed by atoms with E-state index in [-0.39, 0.29) is 35.0 Å². The molecule has 0 radical (unpaired) electrons. The fourth-order valence-electron chi connectivity index (χ4n) is 6.26. The summed E-state index contributed by atoms with van der Waals surface area (Å²) in [5.41, 5.74) is 2.38. The van der Waals surface area contributed by atoms with Crippen molar-refractivity contribution in [1.29, 1.82) is 0 Å². The zero-order valence-electron chi connectivity index (χ0n) is 19.5. The Bertz CT molecular complexity index is 923. The SMILES string of the molecule is CCN(CC)C(=O)[C@@H](C)[C@@H]1CC[C@@]2(C)Cc3sc(-c4ccccc4)nc3[C@@H](C)[C@@H]2[C@H]1O. The summed E-state index contributed by atoms with van der Waals surface area (Å²) in [6, 6.07) is 10.4. The molecular weight excluding hydrogens is 404 g/mol. The standard InChI is InChI=1S/C26H36N2O2S/c1-6-28(7-2)25(30)16(3)19-13-14-26(5)15-20-22(17(4)21(26)23(19)29)27-24(31-20)18-11-9-8-10-12-18/h8-12,16-17,19,21,23,29H,6-7,13-15H2,1-5H3/t16-,17-,19-,21+,23-,26-/m0/s1. The van der Waals surface area contributed by atoms with Crippen LogP contribution in [0, 0.1) is 23.2 Å². The van der Waals surface area contributed by atoms with Crippen molar-refractivity contribution < 1.29 is 9.90 Å². The highest BCUT2D eigenvalue weighted by Gasteiger charge is 2.54. The zero-order valence-corrected chi connectivity index (χ0v) is 20.3. The third kappa shape index (κ3) is 3.84. The largest absolute Gasteiger partial charge is 0.392 e. The minimum atomic E-state index is -0.474. The van der Waals surface area contributed by atoms with Crippen molar-refractivity contribution in [3.8, 4) is 10.6 Å². The van der Waals surface area contributed by atoms with Gasteiger partial charge in [0.1, 0.15) is 5.01 Å². The van der Waals surface area contributed by atoms with Gasteiger partial charge in [0.05, 0.1) is 11.8 Å². The molecule has 1 aromatic heterocycles. The number of aliphatic hydroxyl groups excluding tert-OH is 1. The molecule has 0 spiro atoms. The first-order chi connectivity index (χ1) is 14.8. The molecule has 2 aliphatic rings. The monoisotopic (exact) mass is 440 g/mol. The van der Waals surface area contributed by atoms with Gasteiger partial charge in [-0.2, -0.15) is 0 Å². The molecule has 4 nitrogen and oxygen atoms in total. The lowest BCUT2D eigenvalue weighted by molar-refractivity contribution is -0.144. The number of hydrogen-bond acceptors (Lipinski definition) is 4. The van der Waals surface area contributed by atoms with E-state index in [2.05, 4.69) is 38.1 Å². The normalized spacial score (nSPS) is 30.9. The topological polar surface area (TPSA) is 53.4 Å². The number of carbonyl (C=O) groups is 1. The van der Waals surface area contributed by atoms with E-state index in [0.29, 0.717) is 0 Å². The Morgan fingerprint density at radius 2 is 1.97 bits per heavy atom. The molecule has 6 atom stereocenters. The van der Waals surface area contributed by atoms with Gasteiger partial charge in [-0.25, -0.2) is 4.98 Å². The molecule has 0 bridgehead atoms. The number of thiazole rings is 1. The maximum absolute atomic E-state index is 13.0. The van der Waals surface area contributed by atoms with E-state index < -0.39 is 6.10 Å². The van der Waals surface area contributed by atoms with Gasteiger partial charge in [-0.1, -0.05) is 51.1 Å². The van der Waals surface area contributed by atoms with Gasteiger partial charge in [0.15, 0.2) is 0 Å². The van der Waals surface area contributed by atoms with E-state index in [9.17, 15) is 9.90 Å². The molecule has 31 heavy (non-hydrogen) atoms. The molecule has 1 amide bonds. The van der Waals surface area contributed by atoms with Crippen LogP contribution in [0.2, 0.25) is 0 Å². The Hall–Kier alpha value is -1.72. The first kappa shape index (κ1) is 22.5. The summed E-state index contributed by atoms with van der Waals surface area (Å²) in [6.07, 6.45) is 2.47. The number of fused-ring (bicyclic) bond motifs is 2. The highest BCUT2D eigenvalue weighted by atomic mass is 32.1. The van der Waals surface area contributed by atoms with Gasteiger partial charge < -0.3 is 10.0 Å². The molecule has 2 aliphatic carbocycles. The Morgan fingerprint density at radius 3 is 2.61 bits per heavy atom. The number of amides is 1. The molecule has 4 rings (SSSR count). The smallest absolute Gasteiger partial charge is 0.225 e. The lowest BCUT2D eigenvalue weighted by Crippen LogP contribution is -2.53. The van der Waals surface area contributed by atoms with E-state index in [1.807, 2.05) is 43.1 Å². The second-order valence-electron chi connectivity index (χ2n) is 9.83. The van der Waals surface area contributed by atoms with Crippen LogP contribution < -0.4 is 0 Å². The number of nitrogens with zero attached hydrogens (tertiary/aromatic N) is 2. The minimum absolute atomic E-state index is 0.0161. The molecule has 0 unspecified atom stereocenters. The number of benzene rings is 1. The van der Waals surface area contributed by atoms with Crippen molar-refractivity contribution in [3.05, 3.63) is 40.9 Å². The maximum atomic E-state index is 13.0. The van der Waals surface area contributed by atoms with Crippen molar-refractivity contribution >= 4 is 17.2 Å². The number of hydrogen-bond donors (Lipinski definition) is 1. The van der Waals surface area contributed by atoms with E-state index in [0.717, 1.165) is 43.1 Å². The highest BCUT2D eigenvalue weighted by molar-refractivity contribution is 7.15. The van der Waals surface area contributed by atoms with E-state index in [4.69, 9.17) is 4.98 Å². The van der Waals surface area contributed by atoms with Crippen LogP contribution in [-0.2, 0) is 11.2 Å². The van der Waals surface area contributed by atoms with Gasteiger partial charge >= 0.3 is 0 Å². The lowest BCUT2D eigenvalue weighted by Gasteiger charge is -2.53. The molecule has 1 heterocycles. The van der Waals surface area contributed by atoms with Crippen LogP contribution in [0.1, 0.15) is 63.9 Å². The Balaban J connectivity index is 1.62. The molecule has 1 saturated carbocycles. The summed E-state index contributed by atoms with van der Waals surface area (Å²) in [5, 5.41) is 12.7. The predicted octanol–water partition coefficient (Wildman–Crippen LogP) is 5.37. The van der Waals surface area contributed by atoms with E-state index in [1.54, 1.807) is 0 Å². The molecule has 0 aliphatic heterocycles. The van der Waals surface area contributed by atoms with Gasteiger partial charge in [-0.05, 0) is 50.4 Å². The quantitative estimate of drug-likeness (QED) is 0.680. The molecule has 5 heteroatoms. The second kappa shape index (κ2) is 8.67. The summed E-state index contributed by atoms with van der Waals surface area (Å²) in [7, 11) is 0. The zero-order chi connectivity index (χ0) is 22.3. The fraction of sp³-hybridized carbons (Fsp3) is 0.615. The molecule has 2 aromatic rings. The average molecular weight is 441 g/mol. The molecule has 1 aromatic carbocycles. The van der Waals surface area contributed by atoms with Gasteiger partial charge in [0.25, 0.3) is 0 Å². The Morgan fingerprint density at radius 1 is 1.29 bits per heavy atom. The van der Waals surface area contributed by atoms with E-state index in [1.165, 1.54) is 10.4 Å². The molecule has 1 N–H and O–H groups in total. The van der Waals surface area contributed by atoms with Crippen molar-refractivity contribution in [2.75, 3.05) is 13.1 Å². The van der Waals surface area contributed by atoms with Crippen molar-refractivity contribution in [1.82, 2.24) is 9.88 Å². The van der Waals surface area contributed by atoms with Gasteiger partial charge in [-0.15, -0.1) is 11.3 Å². The molecular formula is C26H36N2O2S. The number of aromatic nitrogens is 1. The van der Waals surface area contributed by atoms with Crippen molar-refractivity contribution in [3.63, 3.8) is 0 Å². The van der Waals surface area contributed by atoms with Gasteiger partial charge in [0.2, 0.25) is 5.91 Å². The average Bonchev–Trinajstić information content (AvgIpc) is 3.18. The molecule has 168 valence electrons. The molecule has 0 saturated heterocycles. The van der Waals surface area contributed by atoms with E-state index >= 15 is 0 Å². The highest BCUT2D eigenvalue weighted by Crippen LogP contribution is 2.57. The summed E-state index contributed by atoms with van der Waals surface area (Å²) >= 11 is 1.82. The third-order valence-corrected chi connectivity index (χ3v) is 9.17. The first-order valence-corrected chi connectivity index (χ1v) is 12.6. The fourth-order valence-corrected chi connectivity index (χ4v) is 7.63. The van der Waals surface area contributed by atoms with Crippen LogP contribution in [-0.4, -0.2) is 40.1 Å². The van der Waals surface area contributed by atoms with Crippen LogP contribution in [0.3, 0.4) is 0 Å². The number of carbonyl (C=O) groups excluding carboxylic acids is 1. The Kier molecular flexibility index (Phi) is 6.28. The summed E-state index contributed by atoms with van der Waals surface area (Å²) in [4.78, 5) is 21.4. The third-order valence-electron chi connectivity index (χ3n) is 8.05. The van der Waals surface area contributed by atoms with Crippen molar-refractivity contribution in [2.24, 2.45) is 23.2 Å². The summed E-state index contributed by atoms with van der Waals surface area (Å²) in [5.74, 6) is 0.375. The maximum Gasteiger partial charge on any atom is 0.225 e. The number of rotatable bonds is 5. The van der Waals surface area contributed by atoms with Gasteiger partial charge in [-0.3, -0.25) is 4.79 Å². The second-order valence-corrected chi connectivity index (χ2v) is 10.9. The molecule has 1 fully saturated rings. The summed E-state index contributed by atoms with van der Waals surface area (Å²) in [6.45, 7) is 12.1. The van der Waals surface area contributed by atoms with Crippen LogP contribution in [0.15, 0.2) is 30.3 Å². The Labute approximate surface area is 190 Å². The summed E-state index contributed by atoms with van der Waals surface area (Å²) < 4.78 is 0. The van der Waals surface area contributed by atoms with Crippen molar-refractivity contribution in [2.45, 2.75) is 65.9 Å².